The Bertz CT molecular complexity index is 442. The second kappa shape index (κ2) is 3.68. The van der Waals surface area contributed by atoms with Crippen LogP contribution in [0.2, 0.25) is 5.15 Å². The molecule has 2 aromatic rings. The van der Waals surface area contributed by atoms with Crippen molar-refractivity contribution >= 4 is 11.6 Å². The fraction of sp³-hybridized carbons (Fsp3) is 0. The maximum atomic E-state index is 11.6. The number of benzene rings is 1. The molecule has 0 spiro atoms. The Kier molecular flexibility index (Phi) is 2.37. The van der Waals surface area contributed by atoms with Crippen molar-refractivity contribution in [1.82, 2.24) is 0 Å². The molecule has 0 bridgehead atoms. The molecule has 0 aliphatic heterocycles. The summed E-state index contributed by atoms with van der Waals surface area (Å²) < 4.78 is 0.719. The van der Waals surface area contributed by atoms with E-state index in [0.717, 1.165) is 10.3 Å². The number of aromatic nitrogens is 1. The molecule has 0 saturated carbocycles. The van der Waals surface area contributed by atoms with Crippen LogP contribution in [0.15, 0.2) is 48.5 Å². The highest BCUT2D eigenvalue weighted by atomic mass is 35.5. The van der Waals surface area contributed by atoms with E-state index in [-0.39, 0.29) is 5.15 Å². The summed E-state index contributed by atoms with van der Waals surface area (Å²) in [7, 11) is 0. The number of rotatable bonds is 1. The summed E-state index contributed by atoms with van der Waals surface area (Å²) in [6.07, 6.45) is 0. The monoisotopic (exact) mass is 205 g/mol. The van der Waals surface area contributed by atoms with Gasteiger partial charge in [-0.2, -0.15) is 4.73 Å². The third kappa shape index (κ3) is 1.56. The van der Waals surface area contributed by atoms with Crippen molar-refractivity contribution in [3.63, 3.8) is 0 Å². The highest BCUT2D eigenvalue weighted by Crippen LogP contribution is 2.15. The molecule has 0 unspecified atom stereocenters. The molecule has 3 heteroatoms. The zero-order chi connectivity index (χ0) is 9.97. The largest absolute Gasteiger partial charge is 0.617 e. The fourth-order valence-corrected chi connectivity index (χ4v) is 1.46. The van der Waals surface area contributed by atoms with Crippen LogP contribution in [0.5, 0.6) is 0 Å². The molecule has 70 valence electrons. The van der Waals surface area contributed by atoms with Gasteiger partial charge in [0.1, 0.15) is 0 Å². The second-order valence-corrected chi connectivity index (χ2v) is 3.28. The van der Waals surface area contributed by atoms with Gasteiger partial charge < -0.3 is 5.21 Å². The van der Waals surface area contributed by atoms with Crippen molar-refractivity contribution in [3.8, 4) is 11.3 Å². The topological polar surface area (TPSA) is 26.9 Å². The molecule has 1 aromatic carbocycles. The summed E-state index contributed by atoms with van der Waals surface area (Å²) in [5.74, 6) is 0. The maximum Gasteiger partial charge on any atom is 0.286 e. The lowest BCUT2D eigenvalue weighted by Gasteiger charge is -2.04. The summed E-state index contributed by atoms with van der Waals surface area (Å²) in [6.45, 7) is 0. The quantitative estimate of drug-likeness (QED) is 0.400. The van der Waals surface area contributed by atoms with E-state index in [4.69, 9.17) is 11.6 Å². The number of hydrogen-bond acceptors (Lipinski definition) is 1. The minimum absolute atomic E-state index is 0.186. The van der Waals surface area contributed by atoms with Gasteiger partial charge in [-0.3, -0.25) is 0 Å². The maximum absolute atomic E-state index is 11.6. The summed E-state index contributed by atoms with van der Waals surface area (Å²) in [6, 6.07) is 14.5. The molecule has 0 N–H and O–H groups in total. The van der Waals surface area contributed by atoms with Gasteiger partial charge in [-0.15, -0.1) is 0 Å². The number of hydrogen-bond donors (Lipinski definition) is 0. The second-order valence-electron chi connectivity index (χ2n) is 2.89. The van der Waals surface area contributed by atoms with Crippen LogP contribution in [-0.2, 0) is 0 Å². The van der Waals surface area contributed by atoms with E-state index in [1.807, 2.05) is 30.3 Å². The Morgan fingerprint density at radius 1 is 0.929 bits per heavy atom. The van der Waals surface area contributed by atoms with E-state index in [9.17, 15) is 5.21 Å². The Hall–Kier alpha value is -1.54. The molecular weight excluding hydrogens is 198 g/mol. The van der Waals surface area contributed by atoms with E-state index in [1.54, 1.807) is 18.2 Å². The lowest BCUT2D eigenvalue weighted by Crippen LogP contribution is -2.30. The number of pyridine rings is 1. The van der Waals surface area contributed by atoms with Gasteiger partial charge in [0.25, 0.3) is 5.15 Å². The molecule has 0 aliphatic carbocycles. The van der Waals surface area contributed by atoms with Crippen LogP contribution in [0.25, 0.3) is 11.3 Å². The summed E-state index contributed by atoms with van der Waals surface area (Å²) in [5.41, 5.74) is 1.43. The third-order valence-corrected chi connectivity index (χ3v) is 2.25. The van der Waals surface area contributed by atoms with Crippen molar-refractivity contribution in [1.29, 1.82) is 0 Å². The average molecular weight is 206 g/mol. The Balaban J connectivity index is 2.58. The molecule has 0 radical (unpaired) electrons. The van der Waals surface area contributed by atoms with Crippen molar-refractivity contribution in [2.75, 3.05) is 0 Å². The van der Waals surface area contributed by atoms with Gasteiger partial charge >= 0.3 is 0 Å². The predicted molar refractivity (Wildman–Crippen MR) is 55.8 cm³/mol. The number of nitrogens with zero attached hydrogens (tertiary/aromatic N) is 1. The smallest absolute Gasteiger partial charge is 0.286 e. The van der Waals surface area contributed by atoms with Crippen LogP contribution in [0.1, 0.15) is 0 Å². The highest BCUT2D eigenvalue weighted by Gasteiger charge is 2.09. The molecule has 14 heavy (non-hydrogen) atoms. The van der Waals surface area contributed by atoms with Gasteiger partial charge in [0.05, 0.1) is 0 Å². The van der Waals surface area contributed by atoms with Crippen LogP contribution in [0, 0.1) is 5.21 Å². The first kappa shape index (κ1) is 9.03. The van der Waals surface area contributed by atoms with Crippen molar-refractivity contribution < 1.29 is 4.73 Å². The number of halogens is 1. The van der Waals surface area contributed by atoms with E-state index in [2.05, 4.69) is 0 Å². The molecule has 0 saturated heterocycles. The predicted octanol–water partition coefficient (Wildman–Crippen LogP) is 2.64. The lowest BCUT2D eigenvalue weighted by molar-refractivity contribution is -0.591. The lowest BCUT2D eigenvalue weighted by atomic mass is 10.1. The first-order valence-electron chi connectivity index (χ1n) is 4.22. The van der Waals surface area contributed by atoms with Gasteiger partial charge in [-0.1, -0.05) is 18.2 Å². The summed E-state index contributed by atoms with van der Waals surface area (Å²) >= 11 is 5.71. The minimum Gasteiger partial charge on any atom is -0.617 e. The molecular formula is C11H8ClNO. The summed E-state index contributed by atoms with van der Waals surface area (Å²) in [4.78, 5) is 0. The van der Waals surface area contributed by atoms with Crippen molar-refractivity contribution in [3.05, 3.63) is 58.9 Å². The van der Waals surface area contributed by atoms with Crippen molar-refractivity contribution in [2.45, 2.75) is 0 Å². The van der Waals surface area contributed by atoms with Crippen LogP contribution >= 0.6 is 11.6 Å². The van der Waals surface area contributed by atoms with Crippen molar-refractivity contribution in [2.24, 2.45) is 0 Å². The first-order chi connectivity index (χ1) is 6.79. The molecule has 2 nitrogen and oxygen atoms in total. The van der Waals surface area contributed by atoms with E-state index in [0.29, 0.717) is 5.69 Å². The zero-order valence-corrected chi connectivity index (χ0v) is 8.11. The highest BCUT2D eigenvalue weighted by molar-refractivity contribution is 6.28. The van der Waals surface area contributed by atoms with Gasteiger partial charge in [-0.05, 0) is 29.8 Å². The van der Waals surface area contributed by atoms with E-state index >= 15 is 0 Å². The Labute approximate surface area is 87.0 Å². The van der Waals surface area contributed by atoms with Gasteiger partial charge in [0, 0.05) is 17.7 Å². The molecule has 0 aliphatic rings. The minimum atomic E-state index is 0.186. The third-order valence-electron chi connectivity index (χ3n) is 1.97. The normalized spacial score (nSPS) is 10.1. The Morgan fingerprint density at radius 2 is 1.64 bits per heavy atom. The summed E-state index contributed by atoms with van der Waals surface area (Å²) in [5, 5.41) is 11.7. The average Bonchev–Trinajstić information content (AvgIpc) is 2.23. The molecule has 2 rings (SSSR count). The van der Waals surface area contributed by atoms with Crippen LogP contribution in [-0.4, -0.2) is 0 Å². The molecule has 1 heterocycles. The van der Waals surface area contributed by atoms with Crippen LogP contribution in [0.3, 0.4) is 0 Å². The van der Waals surface area contributed by atoms with Gasteiger partial charge in [0.15, 0.2) is 0 Å². The first-order valence-corrected chi connectivity index (χ1v) is 4.60. The zero-order valence-electron chi connectivity index (χ0n) is 7.35. The molecule has 1 aromatic heterocycles. The van der Waals surface area contributed by atoms with Gasteiger partial charge in [-0.25, -0.2) is 0 Å². The Morgan fingerprint density at radius 3 is 2.36 bits per heavy atom. The van der Waals surface area contributed by atoms with Crippen LogP contribution in [0.4, 0.5) is 0 Å². The van der Waals surface area contributed by atoms with E-state index < -0.39 is 0 Å². The molecule has 0 fully saturated rings. The standard InChI is InChI=1S/C11H8ClNO/c12-11-8-4-7-10(13(11)14)9-5-2-1-3-6-9/h1-8H. The fourth-order valence-electron chi connectivity index (χ4n) is 1.29. The van der Waals surface area contributed by atoms with E-state index in [1.165, 1.54) is 0 Å². The van der Waals surface area contributed by atoms with Gasteiger partial charge in [0.2, 0.25) is 5.69 Å². The van der Waals surface area contributed by atoms with Crippen LogP contribution < -0.4 is 4.73 Å². The molecule has 0 amide bonds. The SMILES string of the molecule is [O-][n+]1c(Cl)cccc1-c1ccccc1. The molecule has 0 atom stereocenters.